The van der Waals surface area contributed by atoms with Crippen LogP contribution in [-0.2, 0) is 6.42 Å². The number of hydrogen-bond donors (Lipinski definition) is 1. The van der Waals surface area contributed by atoms with Crippen molar-refractivity contribution >= 4 is 17.1 Å². The van der Waals surface area contributed by atoms with E-state index in [-0.39, 0.29) is 5.92 Å². The number of thiophene rings is 1. The number of hydrogen-bond acceptors (Lipinski definition) is 3. The van der Waals surface area contributed by atoms with E-state index in [9.17, 15) is 4.79 Å². The molecule has 2 atom stereocenters. The van der Waals surface area contributed by atoms with Crippen molar-refractivity contribution in [1.82, 2.24) is 5.32 Å². The highest BCUT2D eigenvalue weighted by Gasteiger charge is 2.34. The molecule has 2 unspecified atom stereocenters. The van der Waals surface area contributed by atoms with Gasteiger partial charge in [-0.3, -0.25) is 4.79 Å². The zero-order chi connectivity index (χ0) is 11.0. The molecule has 0 spiro atoms. The van der Waals surface area contributed by atoms with Crippen LogP contribution in [0, 0.1) is 5.92 Å². The Morgan fingerprint density at radius 3 is 3.06 bits per heavy atom. The van der Waals surface area contributed by atoms with Gasteiger partial charge in [0.05, 0.1) is 0 Å². The molecule has 1 aliphatic carbocycles. The quantitative estimate of drug-likeness (QED) is 0.810. The van der Waals surface area contributed by atoms with E-state index in [0.29, 0.717) is 11.8 Å². The first kappa shape index (κ1) is 10.5. The Balaban J connectivity index is 1.81. The van der Waals surface area contributed by atoms with E-state index in [0.717, 1.165) is 24.9 Å². The summed E-state index contributed by atoms with van der Waals surface area (Å²) in [5.74, 6) is 0.629. The molecule has 1 fully saturated rings. The third-order valence-corrected chi connectivity index (χ3v) is 4.84. The first-order chi connectivity index (χ1) is 7.86. The molecular weight excluding hydrogens is 218 g/mol. The number of Topliss-reactive ketones (excluding diaryl/α,β-unsaturated/α-hetero) is 1. The lowest BCUT2D eigenvalue weighted by Crippen LogP contribution is -2.44. The predicted octanol–water partition coefficient (Wildman–Crippen LogP) is 2.64. The molecule has 0 amide bonds. The maximum Gasteiger partial charge on any atom is 0.168 e. The van der Waals surface area contributed by atoms with Crippen LogP contribution < -0.4 is 5.32 Å². The van der Waals surface area contributed by atoms with E-state index in [1.165, 1.54) is 24.1 Å². The highest BCUT2D eigenvalue weighted by Crippen LogP contribution is 2.32. The Labute approximate surface area is 100 Å². The van der Waals surface area contributed by atoms with Crippen molar-refractivity contribution in [2.45, 2.75) is 38.1 Å². The number of fused-ring (bicyclic) bond motifs is 1. The second-order valence-electron chi connectivity index (χ2n) is 4.82. The fourth-order valence-electron chi connectivity index (χ4n) is 2.98. The lowest BCUT2D eigenvalue weighted by molar-refractivity contribution is 0.0856. The zero-order valence-corrected chi connectivity index (χ0v) is 10.2. The molecule has 86 valence electrons. The minimum absolute atomic E-state index is 0.238. The molecule has 16 heavy (non-hydrogen) atoms. The Hall–Kier alpha value is -0.670. The first-order valence-electron chi connectivity index (χ1n) is 6.20. The van der Waals surface area contributed by atoms with Crippen LogP contribution in [0.5, 0.6) is 0 Å². The molecule has 3 heteroatoms. The SMILES string of the molecule is O=C1c2ccsc2CCC1C1CCCCN1. The molecule has 1 N–H and O–H groups in total. The van der Waals surface area contributed by atoms with Crippen LogP contribution >= 0.6 is 11.3 Å². The molecule has 1 aromatic rings. The molecule has 2 nitrogen and oxygen atoms in total. The third kappa shape index (κ3) is 1.72. The topological polar surface area (TPSA) is 29.1 Å². The van der Waals surface area contributed by atoms with Crippen LogP contribution in [0.3, 0.4) is 0 Å². The number of rotatable bonds is 1. The summed E-state index contributed by atoms with van der Waals surface area (Å²) < 4.78 is 0. The van der Waals surface area contributed by atoms with Crippen molar-refractivity contribution in [1.29, 1.82) is 0 Å². The smallest absolute Gasteiger partial charge is 0.168 e. The van der Waals surface area contributed by atoms with Gasteiger partial charge < -0.3 is 5.32 Å². The minimum Gasteiger partial charge on any atom is -0.313 e. The third-order valence-electron chi connectivity index (χ3n) is 3.86. The molecule has 2 aliphatic rings. The average molecular weight is 235 g/mol. The monoisotopic (exact) mass is 235 g/mol. The minimum atomic E-state index is 0.238. The standard InChI is InChI=1S/C13H17NOS/c15-13-9(11-3-1-2-7-14-11)4-5-12-10(13)6-8-16-12/h6,8-9,11,14H,1-5,7H2. The van der Waals surface area contributed by atoms with Crippen molar-refractivity contribution in [3.05, 3.63) is 21.9 Å². The summed E-state index contributed by atoms with van der Waals surface area (Å²) in [5, 5.41) is 5.58. The highest BCUT2D eigenvalue weighted by atomic mass is 32.1. The zero-order valence-electron chi connectivity index (χ0n) is 9.37. The van der Waals surface area contributed by atoms with Crippen LogP contribution in [0.2, 0.25) is 0 Å². The van der Waals surface area contributed by atoms with E-state index in [1.807, 2.05) is 6.07 Å². The average Bonchev–Trinajstić information content (AvgIpc) is 2.80. The molecule has 1 aliphatic heterocycles. The van der Waals surface area contributed by atoms with Crippen LogP contribution in [0.1, 0.15) is 40.9 Å². The maximum atomic E-state index is 12.3. The van der Waals surface area contributed by atoms with Crippen molar-refractivity contribution < 1.29 is 4.79 Å². The summed E-state index contributed by atoms with van der Waals surface area (Å²) in [7, 11) is 0. The van der Waals surface area contributed by atoms with Gasteiger partial charge in [-0.25, -0.2) is 0 Å². The van der Waals surface area contributed by atoms with Gasteiger partial charge in [0.25, 0.3) is 0 Å². The number of carbonyl (C=O) groups is 1. The Kier molecular flexibility index (Phi) is 2.82. The molecule has 3 rings (SSSR count). The number of aryl methyl sites for hydroxylation is 1. The molecular formula is C13H17NOS. The van der Waals surface area contributed by atoms with Gasteiger partial charge in [-0.2, -0.15) is 0 Å². The van der Waals surface area contributed by atoms with E-state index in [1.54, 1.807) is 11.3 Å². The number of nitrogens with one attached hydrogen (secondary N) is 1. The summed E-state index contributed by atoms with van der Waals surface area (Å²) >= 11 is 1.74. The van der Waals surface area contributed by atoms with E-state index in [4.69, 9.17) is 0 Å². The van der Waals surface area contributed by atoms with Crippen molar-refractivity contribution in [2.24, 2.45) is 5.92 Å². The summed E-state index contributed by atoms with van der Waals surface area (Å²) in [6.07, 6.45) is 5.86. The predicted molar refractivity (Wildman–Crippen MR) is 66.1 cm³/mol. The lowest BCUT2D eigenvalue weighted by Gasteiger charge is -2.32. The van der Waals surface area contributed by atoms with Crippen LogP contribution in [0.15, 0.2) is 11.4 Å². The van der Waals surface area contributed by atoms with Gasteiger partial charge >= 0.3 is 0 Å². The van der Waals surface area contributed by atoms with E-state index < -0.39 is 0 Å². The van der Waals surface area contributed by atoms with Crippen LogP contribution in [0.4, 0.5) is 0 Å². The molecule has 0 radical (unpaired) electrons. The van der Waals surface area contributed by atoms with E-state index >= 15 is 0 Å². The molecule has 1 aromatic heterocycles. The highest BCUT2D eigenvalue weighted by molar-refractivity contribution is 7.10. The van der Waals surface area contributed by atoms with Crippen LogP contribution in [-0.4, -0.2) is 18.4 Å². The van der Waals surface area contributed by atoms with Crippen molar-refractivity contribution in [3.8, 4) is 0 Å². The summed E-state index contributed by atoms with van der Waals surface area (Å²) in [6.45, 7) is 1.09. The van der Waals surface area contributed by atoms with Gasteiger partial charge in [-0.15, -0.1) is 11.3 Å². The second-order valence-corrected chi connectivity index (χ2v) is 5.82. The number of carbonyl (C=O) groups excluding carboxylic acids is 1. The fraction of sp³-hybridized carbons (Fsp3) is 0.615. The second kappa shape index (κ2) is 4.30. The fourth-order valence-corrected chi connectivity index (χ4v) is 3.88. The van der Waals surface area contributed by atoms with Gasteiger partial charge in [-0.1, -0.05) is 6.42 Å². The molecule has 2 heterocycles. The van der Waals surface area contributed by atoms with Crippen LogP contribution in [0.25, 0.3) is 0 Å². The Morgan fingerprint density at radius 2 is 2.25 bits per heavy atom. The summed E-state index contributed by atoms with van der Waals surface area (Å²) in [5.41, 5.74) is 1.01. The summed E-state index contributed by atoms with van der Waals surface area (Å²) in [6, 6.07) is 2.45. The Bertz CT molecular complexity index is 392. The number of piperidine rings is 1. The molecule has 1 saturated heterocycles. The van der Waals surface area contributed by atoms with Gasteiger partial charge in [0.1, 0.15) is 0 Å². The van der Waals surface area contributed by atoms with E-state index in [2.05, 4.69) is 10.7 Å². The number of ketones is 1. The van der Waals surface area contributed by atoms with Gasteiger partial charge in [0.15, 0.2) is 5.78 Å². The maximum absolute atomic E-state index is 12.3. The van der Waals surface area contributed by atoms with Crippen molar-refractivity contribution in [2.75, 3.05) is 6.54 Å². The first-order valence-corrected chi connectivity index (χ1v) is 7.08. The Morgan fingerprint density at radius 1 is 1.31 bits per heavy atom. The normalized spacial score (nSPS) is 30.1. The van der Waals surface area contributed by atoms with Crippen molar-refractivity contribution in [3.63, 3.8) is 0 Å². The molecule has 0 aromatic carbocycles. The van der Waals surface area contributed by atoms with Gasteiger partial charge in [-0.05, 0) is 43.7 Å². The molecule has 0 bridgehead atoms. The van der Waals surface area contributed by atoms with Gasteiger partial charge in [0, 0.05) is 22.4 Å². The van der Waals surface area contributed by atoms with Gasteiger partial charge in [0.2, 0.25) is 0 Å². The summed E-state index contributed by atoms with van der Waals surface area (Å²) in [4.78, 5) is 13.6. The molecule has 0 saturated carbocycles. The largest absolute Gasteiger partial charge is 0.313 e. The lowest BCUT2D eigenvalue weighted by atomic mass is 9.79.